The van der Waals surface area contributed by atoms with Crippen molar-refractivity contribution >= 4 is 16.4 Å². The summed E-state index contributed by atoms with van der Waals surface area (Å²) >= 11 is 0. The van der Waals surface area contributed by atoms with Crippen molar-refractivity contribution in [3.05, 3.63) is 36.5 Å². The van der Waals surface area contributed by atoms with Gasteiger partial charge in [0.1, 0.15) is 30.5 Å². The van der Waals surface area contributed by atoms with Gasteiger partial charge < -0.3 is 34.3 Å². The highest BCUT2D eigenvalue weighted by Gasteiger charge is 2.48. The summed E-state index contributed by atoms with van der Waals surface area (Å²) in [6.45, 7) is 4.02. The third-order valence-corrected chi connectivity index (χ3v) is 13.7. The van der Waals surface area contributed by atoms with Crippen molar-refractivity contribution in [1.29, 1.82) is 0 Å². The molecule has 13 heteroatoms. The second kappa shape index (κ2) is 48.3. The van der Waals surface area contributed by atoms with E-state index in [0.29, 0.717) is 13.0 Å². The van der Waals surface area contributed by atoms with Crippen LogP contribution in [-0.4, -0.2) is 97.5 Å². The second-order valence-corrected chi connectivity index (χ2v) is 20.9. The average molecular weight is 1020 g/mol. The first-order valence-corrected chi connectivity index (χ1v) is 30.1. The van der Waals surface area contributed by atoms with Crippen LogP contribution in [0.2, 0.25) is 0 Å². The van der Waals surface area contributed by atoms with E-state index in [-0.39, 0.29) is 19.6 Å². The zero-order valence-electron chi connectivity index (χ0n) is 44.6. The van der Waals surface area contributed by atoms with Crippen LogP contribution in [0.5, 0.6) is 0 Å². The van der Waals surface area contributed by atoms with E-state index in [1.165, 1.54) is 173 Å². The molecule has 6 atom stereocenters. The molecular weight excluding hydrogens is 909 g/mol. The van der Waals surface area contributed by atoms with Gasteiger partial charge in [0.25, 0.3) is 0 Å². The Bertz CT molecular complexity index is 1360. The van der Waals surface area contributed by atoms with Crippen molar-refractivity contribution < 1.29 is 56.2 Å². The number of carbonyl (C=O) groups is 1. The van der Waals surface area contributed by atoms with Gasteiger partial charge in [-0.25, -0.2) is 4.18 Å². The third-order valence-electron chi connectivity index (χ3n) is 13.3. The van der Waals surface area contributed by atoms with Gasteiger partial charge in [0.2, 0.25) is 0 Å². The van der Waals surface area contributed by atoms with Gasteiger partial charge in [0.05, 0.1) is 19.8 Å². The zero-order chi connectivity index (χ0) is 51.0. The summed E-state index contributed by atoms with van der Waals surface area (Å²) in [6, 6.07) is 0. The first kappa shape index (κ1) is 66.3. The van der Waals surface area contributed by atoms with Crippen LogP contribution in [0.3, 0.4) is 0 Å². The highest BCUT2D eigenvalue weighted by atomic mass is 32.3. The Labute approximate surface area is 428 Å². The van der Waals surface area contributed by atoms with Crippen LogP contribution in [0.4, 0.5) is 0 Å². The van der Waals surface area contributed by atoms with Crippen LogP contribution in [0.15, 0.2) is 36.5 Å². The fourth-order valence-corrected chi connectivity index (χ4v) is 9.43. The fraction of sp³-hybridized carbons (Fsp3) is 0.877. The molecule has 0 amide bonds. The molecule has 0 aromatic heterocycles. The molecule has 1 rings (SSSR count). The Morgan fingerprint density at radius 1 is 0.543 bits per heavy atom. The molecule has 1 heterocycles. The number of aliphatic hydroxyl groups is 3. The molecule has 6 unspecified atom stereocenters. The molecule has 0 aromatic carbocycles. The topological polar surface area (TPSA) is 178 Å². The van der Waals surface area contributed by atoms with Gasteiger partial charge in [-0.05, 0) is 51.4 Å². The maximum absolute atomic E-state index is 12.9. The van der Waals surface area contributed by atoms with Gasteiger partial charge in [-0.15, -0.1) is 0 Å². The summed E-state index contributed by atoms with van der Waals surface area (Å²) in [7, 11) is -5.07. The maximum atomic E-state index is 12.9. The number of esters is 1. The Morgan fingerprint density at radius 2 is 0.943 bits per heavy atom. The molecule has 0 aromatic rings. The summed E-state index contributed by atoms with van der Waals surface area (Å²) < 4.78 is 59.4. The third kappa shape index (κ3) is 40.8. The Hall–Kier alpha value is -1.68. The fourth-order valence-electron chi connectivity index (χ4n) is 8.92. The van der Waals surface area contributed by atoms with Gasteiger partial charge in [0.15, 0.2) is 6.29 Å². The highest BCUT2D eigenvalue weighted by Crippen LogP contribution is 2.26. The molecule has 12 nitrogen and oxygen atoms in total. The van der Waals surface area contributed by atoms with Crippen LogP contribution >= 0.6 is 0 Å². The number of carbonyl (C=O) groups excluding carboxylic acids is 1. The van der Waals surface area contributed by atoms with Crippen LogP contribution in [0, 0.1) is 0 Å². The van der Waals surface area contributed by atoms with E-state index in [0.717, 1.165) is 57.8 Å². The zero-order valence-corrected chi connectivity index (χ0v) is 45.4. The summed E-state index contributed by atoms with van der Waals surface area (Å²) in [5.74, 6) is -0.396. The molecule has 0 bridgehead atoms. The van der Waals surface area contributed by atoms with Crippen molar-refractivity contribution in [2.75, 3.05) is 26.4 Å². The first-order valence-electron chi connectivity index (χ1n) is 28.7. The molecule has 0 saturated carbocycles. The van der Waals surface area contributed by atoms with Crippen molar-refractivity contribution in [3.63, 3.8) is 0 Å². The van der Waals surface area contributed by atoms with E-state index < -0.39 is 59.8 Å². The van der Waals surface area contributed by atoms with Crippen molar-refractivity contribution in [3.8, 4) is 0 Å². The van der Waals surface area contributed by atoms with Crippen molar-refractivity contribution in [2.24, 2.45) is 0 Å². The monoisotopic (exact) mass is 1010 g/mol. The van der Waals surface area contributed by atoms with Crippen LogP contribution < -0.4 is 0 Å². The summed E-state index contributed by atoms with van der Waals surface area (Å²) in [5.41, 5.74) is 0. The Kier molecular flexibility index (Phi) is 45.7. The van der Waals surface area contributed by atoms with Gasteiger partial charge in [-0.2, -0.15) is 8.42 Å². The minimum Gasteiger partial charge on any atom is -0.457 e. The van der Waals surface area contributed by atoms with E-state index in [9.17, 15) is 33.1 Å². The first-order chi connectivity index (χ1) is 34.1. The second-order valence-electron chi connectivity index (χ2n) is 19.9. The van der Waals surface area contributed by atoms with Gasteiger partial charge in [-0.1, -0.05) is 237 Å². The molecular formula is C57H106O12S. The minimum atomic E-state index is -5.07. The molecule has 70 heavy (non-hydrogen) atoms. The van der Waals surface area contributed by atoms with Gasteiger partial charge >= 0.3 is 16.4 Å². The van der Waals surface area contributed by atoms with Crippen LogP contribution in [-0.2, 0) is 38.3 Å². The van der Waals surface area contributed by atoms with Crippen LogP contribution in [0.25, 0.3) is 0 Å². The average Bonchev–Trinajstić information content (AvgIpc) is 3.34. The van der Waals surface area contributed by atoms with Crippen molar-refractivity contribution in [2.45, 2.75) is 295 Å². The van der Waals surface area contributed by atoms with Gasteiger partial charge in [0, 0.05) is 13.0 Å². The number of ether oxygens (including phenoxy) is 4. The number of unbranched alkanes of at least 4 members (excludes halogenated alkanes) is 32. The van der Waals surface area contributed by atoms with E-state index in [1.54, 1.807) is 0 Å². The largest absolute Gasteiger partial charge is 0.457 e. The van der Waals surface area contributed by atoms with E-state index >= 15 is 0 Å². The van der Waals surface area contributed by atoms with Crippen LogP contribution in [0.1, 0.15) is 258 Å². The Morgan fingerprint density at radius 3 is 1.37 bits per heavy atom. The lowest BCUT2D eigenvalue weighted by Gasteiger charge is -2.41. The molecule has 0 spiro atoms. The summed E-state index contributed by atoms with van der Waals surface area (Å²) in [4.78, 5) is 12.9. The number of hydrogen-bond acceptors (Lipinski definition) is 11. The molecule has 4 N–H and O–H groups in total. The molecule has 1 aliphatic rings. The SMILES string of the molecule is CCCCCCC/C=C\C/C=C\C/C=C\CCCCCCCCCCCOCC(COC1OC(CO)C(O)C(OS(=O)(=O)O)C1O)OC(=O)CCCCCCCCCCCCCCCCCCCCC. The predicted molar refractivity (Wildman–Crippen MR) is 285 cm³/mol. The molecule has 0 aliphatic carbocycles. The normalized spacial score (nSPS) is 19.3. The maximum Gasteiger partial charge on any atom is 0.397 e. The number of rotatable bonds is 51. The molecule has 1 saturated heterocycles. The smallest absolute Gasteiger partial charge is 0.397 e. The van der Waals surface area contributed by atoms with Crippen molar-refractivity contribution in [1.82, 2.24) is 0 Å². The highest BCUT2D eigenvalue weighted by molar-refractivity contribution is 7.80. The van der Waals surface area contributed by atoms with Gasteiger partial charge in [-0.3, -0.25) is 9.35 Å². The number of allylic oxidation sites excluding steroid dienone is 6. The molecule has 0 radical (unpaired) electrons. The quantitative estimate of drug-likeness (QED) is 0.0196. The lowest BCUT2D eigenvalue weighted by atomic mass is 9.99. The number of hydrogen-bond donors (Lipinski definition) is 4. The van der Waals surface area contributed by atoms with E-state index in [2.05, 4.69) is 54.5 Å². The summed E-state index contributed by atoms with van der Waals surface area (Å²) in [6.07, 6.45) is 50.3. The predicted octanol–water partition coefficient (Wildman–Crippen LogP) is 14.1. The Balaban J connectivity index is 2.30. The molecule has 1 aliphatic heterocycles. The van der Waals surface area contributed by atoms with E-state index in [1.807, 2.05) is 0 Å². The number of aliphatic hydroxyl groups excluding tert-OH is 3. The molecule has 412 valence electrons. The minimum absolute atomic E-state index is 0.0353. The molecule has 1 fully saturated rings. The summed E-state index contributed by atoms with van der Waals surface area (Å²) in [5, 5.41) is 30.8. The standard InChI is InChI=1S/C57H106O12S/c1-3-5-7-9-11-13-15-17-19-21-23-24-25-26-27-29-31-33-35-37-39-41-43-45-47-65-49-51(50-66-57-55(61)56(69-70(62,63)64)54(60)52(48-58)68-57)67-53(59)46-44-42-40-38-36-34-32-30-28-22-20-18-16-14-12-10-8-6-4-2/h15,17,21,23,25-26,51-52,54-58,60-61H,3-14,16,18-20,22,24,27-50H2,1-2H3,(H,62,63,64)/b17-15-,23-21-,26-25-. The van der Waals surface area contributed by atoms with E-state index in [4.69, 9.17) is 18.9 Å². The lowest BCUT2D eigenvalue weighted by molar-refractivity contribution is -0.301. The lowest BCUT2D eigenvalue weighted by Crippen LogP contribution is -2.60.